The normalized spacial score (nSPS) is 13.2. The number of rotatable bonds is 3. The predicted octanol–water partition coefficient (Wildman–Crippen LogP) is -4.80. The molecule has 0 fully saturated rings. The Morgan fingerprint density at radius 2 is 1.08 bits per heavy atom. The molecule has 2 unspecified atom stereocenters. The van der Waals surface area contributed by atoms with Crippen LogP contribution in [0.15, 0.2) is 0 Å². The molecule has 0 rings (SSSR count). The van der Waals surface area contributed by atoms with Gasteiger partial charge in [0, 0.05) is 0 Å². The largest absolute Gasteiger partial charge is 1.00 e. The predicted molar refractivity (Wildman–Crippen MR) is 22.0 cm³/mol. The van der Waals surface area contributed by atoms with Gasteiger partial charge in [0.2, 0.25) is 0 Å². The molecular formula is C4H4Cu2O6. The van der Waals surface area contributed by atoms with Crippen LogP contribution in [0, 0.1) is 0 Å². The average molecular weight is 275 g/mol. The molecule has 0 saturated heterocycles. The van der Waals surface area contributed by atoms with Crippen molar-refractivity contribution >= 4 is 11.9 Å². The fraction of sp³-hybridized carbons (Fsp3) is 0.500. The fourth-order valence-electron chi connectivity index (χ4n) is 0.258. The summed E-state index contributed by atoms with van der Waals surface area (Å²) >= 11 is 0. The van der Waals surface area contributed by atoms with E-state index in [0.29, 0.717) is 0 Å². The first-order valence-corrected chi connectivity index (χ1v) is 2.24. The van der Waals surface area contributed by atoms with Gasteiger partial charge in [-0.3, -0.25) is 0 Å². The second-order valence-electron chi connectivity index (χ2n) is 1.53. The molecule has 12 heavy (non-hydrogen) atoms. The topological polar surface area (TPSA) is 121 Å². The number of hydrogen-bond donors (Lipinski definition) is 2. The van der Waals surface area contributed by atoms with Gasteiger partial charge in [-0.1, -0.05) is 0 Å². The molecule has 2 atom stereocenters. The molecule has 0 bridgehead atoms. The third-order valence-electron chi connectivity index (χ3n) is 0.782. The first kappa shape index (κ1) is 17.8. The van der Waals surface area contributed by atoms with E-state index in [2.05, 4.69) is 0 Å². The van der Waals surface area contributed by atoms with Crippen molar-refractivity contribution in [3.05, 3.63) is 0 Å². The maximum Gasteiger partial charge on any atom is 1.00 e. The number of aliphatic hydroxyl groups is 2. The number of carboxylic acid groups (broad SMARTS) is 2. The Labute approximate surface area is 88.5 Å². The van der Waals surface area contributed by atoms with E-state index in [-0.39, 0.29) is 34.1 Å². The first-order chi connectivity index (χ1) is 4.46. The van der Waals surface area contributed by atoms with Crippen molar-refractivity contribution in [1.29, 1.82) is 0 Å². The van der Waals surface area contributed by atoms with Crippen LogP contribution in [0.25, 0.3) is 0 Å². The molecule has 0 saturated carbocycles. The smallest absolute Gasteiger partial charge is 0.547 e. The van der Waals surface area contributed by atoms with E-state index >= 15 is 0 Å². The molecular weight excluding hydrogens is 271 g/mol. The van der Waals surface area contributed by atoms with E-state index in [4.69, 9.17) is 10.2 Å². The summed E-state index contributed by atoms with van der Waals surface area (Å²) in [5.74, 6) is -4.12. The summed E-state index contributed by atoms with van der Waals surface area (Å²) in [5.41, 5.74) is 0. The van der Waals surface area contributed by atoms with Gasteiger partial charge in [-0.05, 0) is 0 Å². The number of aliphatic hydroxyl groups excluding tert-OH is 2. The molecule has 0 spiro atoms. The minimum atomic E-state index is -2.44. The molecule has 0 aromatic heterocycles. The van der Waals surface area contributed by atoms with Crippen molar-refractivity contribution in [3.8, 4) is 0 Å². The van der Waals surface area contributed by atoms with E-state index in [0.717, 1.165) is 0 Å². The van der Waals surface area contributed by atoms with Crippen molar-refractivity contribution in [3.63, 3.8) is 0 Å². The minimum Gasteiger partial charge on any atom is -0.547 e. The molecule has 0 radical (unpaired) electrons. The Morgan fingerprint density at radius 3 is 1.17 bits per heavy atom. The maximum absolute atomic E-state index is 9.63. The number of carbonyl (C=O) groups excluding carboxylic acids is 2. The third kappa shape index (κ3) is 5.54. The van der Waals surface area contributed by atoms with Crippen molar-refractivity contribution in [1.82, 2.24) is 0 Å². The van der Waals surface area contributed by atoms with Gasteiger partial charge in [0.15, 0.2) is 0 Å². The summed E-state index contributed by atoms with van der Waals surface area (Å²) in [6, 6.07) is 0. The van der Waals surface area contributed by atoms with Crippen LogP contribution in [0.3, 0.4) is 0 Å². The summed E-state index contributed by atoms with van der Waals surface area (Å²) < 4.78 is 0. The Bertz CT molecular complexity index is 142. The second kappa shape index (κ2) is 7.54. The van der Waals surface area contributed by atoms with Gasteiger partial charge < -0.3 is 30.0 Å². The first-order valence-electron chi connectivity index (χ1n) is 2.24. The van der Waals surface area contributed by atoms with E-state index in [1.165, 1.54) is 0 Å². The Hall–Kier alpha value is -0.101. The van der Waals surface area contributed by atoms with Crippen LogP contribution in [0.1, 0.15) is 0 Å². The van der Waals surface area contributed by atoms with Crippen LogP contribution in [0.4, 0.5) is 0 Å². The average Bonchev–Trinajstić information content (AvgIpc) is 1.84. The zero-order valence-corrected chi connectivity index (χ0v) is 7.17. The molecule has 0 aliphatic rings. The zero-order valence-electron chi connectivity index (χ0n) is 5.29. The molecule has 0 aromatic carbocycles. The van der Waals surface area contributed by atoms with E-state index < -0.39 is 24.1 Å². The van der Waals surface area contributed by atoms with Gasteiger partial charge in [-0.25, -0.2) is 0 Å². The van der Waals surface area contributed by atoms with E-state index in [9.17, 15) is 19.8 Å². The van der Waals surface area contributed by atoms with Crippen molar-refractivity contribution in [2.45, 2.75) is 12.2 Å². The molecule has 78 valence electrons. The summed E-state index contributed by atoms with van der Waals surface area (Å²) in [6.45, 7) is 0. The summed E-state index contributed by atoms with van der Waals surface area (Å²) in [4.78, 5) is 19.3. The quantitative estimate of drug-likeness (QED) is 0.499. The fourth-order valence-corrected chi connectivity index (χ4v) is 0.258. The van der Waals surface area contributed by atoms with Gasteiger partial charge in [0.25, 0.3) is 0 Å². The molecule has 0 aliphatic heterocycles. The summed E-state index contributed by atoms with van der Waals surface area (Å²) in [7, 11) is 0. The van der Waals surface area contributed by atoms with Crippen LogP contribution < -0.4 is 10.2 Å². The van der Waals surface area contributed by atoms with Crippen LogP contribution in [0.2, 0.25) is 0 Å². The van der Waals surface area contributed by atoms with E-state index in [1.807, 2.05) is 0 Å². The molecule has 2 N–H and O–H groups in total. The maximum atomic E-state index is 9.63. The number of carbonyl (C=O) groups is 2. The van der Waals surface area contributed by atoms with Gasteiger partial charge in [0.1, 0.15) is 12.2 Å². The summed E-state index contributed by atoms with van der Waals surface area (Å²) in [6.07, 6.45) is -4.88. The van der Waals surface area contributed by atoms with Crippen molar-refractivity contribution in [2.24, 2.45) is 0 Å². The molecule has 0 aromatic rings. The zero-order chi connectivity index (χ0) is 8.31. The van der Waals surface area contributed by atoms with Crippen molar-refractivity contribution < 1.29 is 64.2 Å². The Morgan fingerprint density at radius 1 is 0.917 bits per heavy atom. The standard InChI is InChI=1S/C4H6O6.2Cu/c5-1(3(7)8)2(6)4(9)10;;/h1-2,5-6H,(H,7,8)(H,9,10);;/q;2*+1/p-2. The molecule has 0 amide bonds. The summed E-state index contributed by atoms with van der Waals surface area (Å²) in [5, 5.41) is 35.7. The van der Waals surface area contributed by atoms with Crippen LogP contribution in [-0.2, 0) is 43.7 Å². The number of carboxylic acids is 2. The van der Waals surface area contributed by atoms with Crippen LogP contribution in [-0.4, -0.2) is 34.4 Å². The Kier molecular flexibility index (Phi) is 11.2. The third-order valence-corrected chi connectivity index (χ3v) is 0.782. The molecule has 6 nitrogen and oxygen atoms in total. The van der Waals surface area contributed by atoms with E-state index in [1.54, 1.807) is 0 Å². The minimum absolute atomic E-state index is 0. The van der Waals surface area contributed by atoms with Crippen molar-refractivity contribution in [2.75, 3.05) is 0 Å². The molecule has 0 aliphatic carbocycles. The van der Waals surface area contributed by atoms with Gasteiger partial charge in [0.05, 0.1) is 11.9 Å². The van der Waals surface area contributed by atoms with Crippen LogP contribution >= 0.6 is 0 Å². The number of hydrogen-bond acceptors (Lipinski definition) is 6. The van der Waals surface area contributed by atoms with Gasteiger partial charge >= 0.3 is 34.1 Å². The van der Waals surface area contributed by atoms with Crippen LogP contribution in [0.5, 0.6) is 0 Å². The monoisotopic (exact) mass is 274 g/mol. The number of aliphatic carboxylic acids is 2. The molecule has 8 heteroatoms. The van der Waals surface area contributed by atoms with Gasteiger partial charge in [-0.2, -0.15) is 0 Å². The Balaban J connectivity index is -0.000000405. The second-order valence-corrected chi connectivity index (χ2v) is 1.53. The SMILES string of the molecule is O=C([O-])C(O)C(O)C(=O)[O-].[Cu+].[Cu+]. The van der Waals surface area contributed by atoms with Gasteiger partial charge in [-0.15, -0.1) is 0 Å². The molecule has 0 heterocycles.